The highest BCUT2D eigenvalue weighted by molar-refractivity contribution is 6.29. The van der Waals surface area contributed by atoms with Gasteiger partial charge >= 0.3 is 0 Å². The highest BCUT2D eigenvalue weighted by atomic mass is 16.4. The van der Waals surface area contributed by atoms with Crippen LogP contribution in [0.2, 0.25) is 0 Å². The van der Waals surface area contributed by atoms with Gasteiger partial charge in [-0.05, 0) is 171 Å². The summed E-state index contributed by atoms with van der Waals surface area (Å²) in [5, 5.41) is 20.4. The van der Waals surface area contributed by atoms with Gasteiger partial charge in [0, 0.05) is 130 Å². The molecule has 0 bridgehead atoms. The van der Waals surface area contributed by atoms with Gasteiger partial charge < -0.3 is 46.1 Å². The zero-order chi connectivity index (χ0) is 83.1. The molecule has 6 aromatic heterocycles. The number of fused-ring (bicyclic) bond motifs is 26. The van der Waals surface area contributed by atoms with Crippen LogP contribution in [0.5, 0.6) is 0 Å². The van der Waals surface area contributed by atoms with Crippen LogP contribution in [0.4, 0.5) is 68.2 Å². The standard InChI is InChI=1S/C116H74N4O6/c1-68-51-56-73(57-52-68)117(97-43-21-39-89-81-31-12-16-47-105(81)121-113(89)97)101-64-93-94-65-102(78-28-5-9-36-86(78)110(94)125-109(93)85-35-8-4-27-77(85)101)118(98-44-22-40-90-82-32-13-17-48-106(82)122-114(90)98)74-58-53-71(54-59-74)63-72-55-60-76(62-70(72)3)120(100-46-24-42-92-84-34-15-19-50-108(84)124-116(92)100)104-67-96-95-66-103(79-29-6-10-37-87(79)111(95)126-112(96)88-38-11-7-30-80(88)104)119(75-26-20-25-69(2)61-75)99-45-23-41-91-83-33-14-18-49-107(83)123-115(91)99/h4-62,64-67H,63H2,1-3H3. The second-order valence-corrected chi connectivity index (χ2v) is 33.5. The fourth-order valence-corrected chi connectivity index (χ4v) is 20.2. The summed E-state index contributed by atoms with van der Waals surface area (Å²) in [4.78, 5) is 9.55. The van der Waals surface area contributed by atoms with Crippen molar-refractivity contribution in [3.8, 4) is 0 Å². The Hall–Kier alpha value is -16.6. The molecule has 0 saturated carbocycles. The van der Waals surface area contributed by atoms with E-state index in [2.05, 4.69) is 398 Å². The van der Waals surface area contributed by atoms with E-state index in [0.717, 1.165) is 260 Å². The van der Waals surface area contributed by atoms with E-state index in [1.54, 1.807) is 0 Å². The van der Waals surface area contributed by atoms with Gasteiger partial charge in [-0.2, -0.15) is 0 Å². The van der Waals surface area contributed by atoms with Crippen LogP contribution in [0.1, 0.15) is 27.8 Å². The summed E-state index contributed by atoms with van der Waals surface area (Å²) in [5.41, 5.74) is 27.1. The fourth-order valence-electron chi connectivity index (χ4n) is 20.2. The highest BCUT2D eigenvalue weighted by Gasteiger charge is 2.32. The molecule has 0 N–H and O–H groups in total. The number of hydrogen-bond acceptors (Lipinski definition) is 10. The van der Waals surface area contributed by atoms with E-state index >= 15 is 0 Å². The molecule has 0 spiro atoms. The molecule has 0 radical (unpaired) electrons. The van der Waals surface area contributed by atoms with Crippen LogP contribution in [0, 0.1) is 20.8 Å². The molecule has 0 aliphatic carbocycles. The number of anilines is 12. The smallest absolute Gasteiger partial charge is 0.159 e. The summed E-state index contributed by atoms with van der Waals surface area (Å²) in [6.45, 7) is 6.54. The van der Waals surface area contributed by atoms with E-state index < -0.39 is 0 Å². The maximum absolute atomic E-state index is 7.41. The minimum absolute atomic E-state index is 0.665. The Bertz CT molecular complexity index is 9050. The minimum Gasteiger partial charge on any atom is -0.455 e. The number of nitrogens with zero attached hydrogens (tertiary/aromatic N) is 4. The van der Waals surface area contributed by atoms with Crippen molar-refractivity contribution in [3.05, 3.63) is 410 Å². The van der Waals surface area contributed by atoms with Gasteiger partial charge in [0.1, 0.15) is 44.7 Å². The van der Waals surface area contributed by atoms with Crippen LogP contribution in [-0.4, -0.2) is 0 Å². The molecule has 10 nitrogen and oxygen atoms in total. The molecular weight excluding hydrogens is 1550 g/mol. The first-order chi connectivity index (χ1) is 62.2. The van der Waals surface area contributed by atoms with Crippen molar-refractivity contribution in [2.75, 3.05) is 19.6 Å². The lowest BCUT2D eigenvalue weighted by atomic mass is 9.97. The molecule has 0 atom stereocenters. The molecule has 10 heteroatoms. The SMILES string of the molecule is Cc1ccc(N(c2cc3c4cc(N(c5ccc(Cc6ccc(N(c7cc8c9cc(N(c%10cccc(C)c%10)c%10cccc%11c%10oc%10ccccc%10%11)c%10ccccc%10c9oc8c8ccccc78)c7cccc8c7oc7ccccc78)cc6C)cc5)c5cccc6c5oc5ccccc56)c5ccccc5c4oc3c3ccccc23)c2cccc3c2oc2ccccc23)cc1. The molecule has 0 fully saturated rings. The van der Waals surface area contributed by atoms with Crippen molar-refractivity contribution in [2.45, 2.75) is 27.2 Å². The number of rotatable bonds is 14. The Morgan fingerprint density at radius 1 is 0.175 bits per heavy atom. The number of benzene rings is 20. The minimum atomic E-state index is 0.665. The summed E-state index contributed by atoms with van der Waals surface area (Å²) in [5.74, 6) is 0. The summed E-state index contributed by atoms with van der Waals surface area (Å²) in [6, 6.07) is 137. The Labute approximate surface area is 721 Å². The first-order valence-electron chi connectivity index (χ1n) is 42.9. The van der Waals surface area contributed by atoms with Crippen LogP contribution >= 0.6 is 0 Å². The number of hydrogen-bond donors (Lipinski definition) is 0. The molecule has 26 aromatic rings. The van der Waals surface area contributed by atoms with E-state index in [1.165, 1.54) is 11.1 Å². The Morgan fingerprint density at radius 2 is 0.444 bits per heavy atom. The predicted molar refractivity (Wildman–Crippen MR) is 522 cm³/mol. The zero-order valence-corrected chi connectivity index (χ0v) is 68.8. The number of furan rings is 6. The molecule has 26 rings (SSSR count). The van der Waals surface area contributed by atoms with E-state index in [-0.39, 0.29) is 0 Å². The van der Waals surface area contributed by atoms with Crippen LogP contribution < -0.4 is 19.6 Å². The van der Waals surface area contributed by atoms with Gasteiger partial charge in [-0.3, -0.25) is 0 Å². The largest absolute Gasteiger partial charge is 0.455 e. The van der Waals surface area contributed by atoms with Gasteiger partial charge in [0.2, 0.25) is 0 Å². The van der Waals surface area contributed by atoms with Crippen LogP contribution in [-0.2, 0) is 6.42 Å². The third-order valence-corrected chi connectivity index (χ3v) is 26.1. The lowest BCUT2D eigenvalue weighted by molar-refractivity contribution is 0.668. The quantitative estimate of drug-likeness (QED) is 0.105. The average Bonchev–Trinajstić information content (AvgIpc) is 1.54. The molecule has 594 valence electrons. The van der Waals surface area contributed by atoms with Gasteiger partial charge in [-0.15, -0.1) is 0 Å². The van der Waals surface area contributed by atoms with Crippen LogP contribution in [0.3, 0.4) is 0 Å². The molecule has 126 heavy (non-hydrogen) atoms. The van der Waals surface area contributed by atoms with Gasteiger partial charge in [0.15, 0.2) is 22.3 Å². The molecular formula is C116H74N4O6. The molecule has 0 unspecified atom stereocenters. The summed E-state index contributed by atoms with van der Waals surface area (Å²) < 4.78 is 42.8. The van der Waals surface area contributed by atoms with Crippen molar-refractivity contribution in [1.82, 2.24) is 0 Å². The van der Waals surface area contributed by atoms with E-state index in [4.69, 9.17) is 26.5 Å². The van der Waals surface area contributed by atoms with Gasteiger partial charge in [-0.1, -0.05) is 266 Å². The first kappa shape index (κ1) is 71.2. The monoisotopic (exact) mass is 1620 g/mol. The second kappa shape index (κ2) is 27.7. The molecule has 20 aromatic carbocycles. The third kappa shape index (κ3) is 10.9. The highest BCUT2D eigenvalue weighted by Crippen LogP contribution is 2.56. The molecule has 0 saturated heterocycles. The third-order valence-electron chi connectivity index (χ3n) is 26.1. The predicted octanol–water partition coefficient (Wildman–Crippen LogP) is 34.1. The number of para-hydroxylation sites is 8. The summed E-state index contributed by atoms with van der Waals surface area (Å²) in [6.07, 6.45) is 0.665. The maximum atomic E-state index is 7.41. The van der Waals surface area contributed by atoms with Crippen LogP contribution in [0.15, 0.2) is 409 Å². The second-order valence-electron chi connectivity index (χ2n) is 33.5. The normalized spacial score (nSPS) is 12.1. The molecule has 0 aliphatic heterocycles. The van der Waals surface area contributed by atoms with Gasteiger partial charge in [0.05, 0.1) is 45.5 Å². The molecule has 0 amide bonds. The van der Waals surface area contributed by atoms with E-state index in [9.17, 15) is 0 Å². The molecule has 0 aliphatic rings. The van der Waals surface area contributed by atoms with Crippen molar-refractivity contribution in [1.29, 1.82) is 0 Å². The van der Waals surface area contributed by atoms with Crippen molar-refractivity contribution in [3.63, 3.8) is 0 Å². The van der Waals surface area contributed by atoms with Gasteiger partial charge in [-0.25, -0.2) is 0 Å². The fraction of sp³-hybridized carbons (Fsp3) is 0.0345. The van der Waals surface area contributed by atoms with Crippen molar-refractivity contribution < 1.29 is 26.5 Å². The number of aryl methyl sites for hydroxylation is 3. The van der Waals surface area contributed by atoms with E-state index in [1.807, 2.05) is 24.3 Å². The Kier molecular flexibility index (Phi) is 15.7. The topological polar surface area (TPSA) is 91.8 Å². The Balaban J connectivity index is 0.628. The van der Waals surface area contributed by atoms with Gasteiger partial charge in [0.25, 0.3) is 0 Å². The van der Waals surface area contributed by atoms with Crippen molar-refractivity contribution >= 4 is 243 Å². The lowest BCUT2D eigenvalue weighted by Gasteiger charge is -2.28. The maximum Gasteiger partial charge on any atom is 0.159 e. The average molecular weight is 1620 g/mol. The first-order valence-corrected chi connectivity index (χ1v) is 42.9. The summed E-state index contributed by atoms with van der Waals surface area (Å²) in [7, 11) is 0. The summed E-state index contributed by atoms with van der Waals surface area (Å²) >= 11 is 0. The zero-order valence-electron chi connectivity index (χ0n) is 68.8. The van der Waals surface area contributed by atoms with Crippen molar-refractivity contribution in [2.24, 2.45) is 0 Å². The van der Waals surface area contributed by atoms with Crippen LogP contribution in [0.25, 0.3) is 175 Å². The molecule has 6 heterocycles. The van der Waals surface area contributed by atoms with E-state index in [0.29, 0.717) is 6.42 Å². The lowest BCUT2D eigenvalue weighted by Crippen LogP contribution is -2.12. The Morgan fingerprint density at radius 3 is 0.778 bits per heavy atom.